The zero-order valence-corrected chi connectivity index (χ0v) is 11.7. The molecular formula is C14H15N3O4. The molecule has 0 bridgehead atoms. The Kier molecular flexibility index (Phi) is 4.65. The Morgan fingerprint density at radius 3 is 2.52 bits per heavy atom. The van der Waals surface area contributed by atoms with E-state index in [1.165, 1.54) is 25.2 Å². The van der Waals surface area contributed by atoms with E-state index < -0.39 is 11.9 Å². The lowest BCUT2D eigenvalue weighted by Crippen LogP contribution is -2.20. The van der Waals surface area contributed by atoms with Crippen LogP contribution in [0.5, 0.6) is 0 Å². The molecule has 21 heavy (non-hydrogen) atoms. The second kappa shape index (κ2) is 6.65. The highest BCUT2D eigenvalue weighted by atomic mass is 16.5. The van der Waals surface area contributed by atoms with Crippen molar-refractivity contribution in [2.75, 3.05) is 14.2 Å². The van der Waals surface area contributed by atoms with Crippen LogP contribution < -0.4 is 0 Å². The van der Waals surface area contributed by atoms with E-state index in [2.05, 4.69) is 14.8 Å². The quantitative estimate of drug-likeness (QED) is 0.764. The summed E-state index contributed by atoms with van der Waals surface area (Å²) in [6, 6.07) is 9.21. The van der Waals surface area contributed by atoms with Gasteiger partial charge in [0, 0.05) is 0 Å². The second-order valence-corrected chi connectivity index (χ2v) is 4.27. The highest BCUT2D eigenvalue weighted by molar-refractivity contribution is 5.84. The Balaban J connectivity index is 2.22. The average molecular weight is 289 g/mol. The van der Waals surface area contributed by atoms with Gasteiger partial charge in [-0.25, -0.2) is 9.78 Å². The molecular weight excluding hydrogens is 274 g/mol. The molecule has 0 N–H and O–H groups in total. The molecule has 0 aliphatic rings. The maximum atomic E-state index is 11.9. The summed E-state index contributed by atoms with van der Waals surface area (Å²) in [7, 11) is 2.59. The summed E-state index contributed by atoms with van der Waals surface area (Å²) in [5.74, 6) is -1.57. The van der Waals surface area contributed by atoms with Crippen molar-refractivity contribution >= 4 is 11.9 Å². The summed E-state index contributed by atoms with van der Waals surface area (Å²) in [5.41, 5.74) is 0.805. The van der Waals surface area contributed by atoms with E-state index in [0.29, 0.717) is 0 Å². The van der Waals surface area contributed by atoms with Crippen molar-refractivity contribution in [1.82, 2.24) is 14.8 Å². The molecule has 2 rings (SSSR count). The van der Waals surface area contributed by atoms with Crippen LogP contribution in [-0.2, 0) is 20.8 Å². The lowest BCUT2D eigenvalue weighted by Gasteiger charge is -2.14. The number of esters is 2. The fourth-order valence-electron chi connectivity index (χ4n) is 1.90. The van der Waals surface area contributed by atoms with E-state index in [-0.39, 0.29) is 18.3 Å². The molecule has 1 aromatic heterocycles. The van der Waals surface area contributed by atoms with Gasteiger partial charge in [0.2, 0.25) is 0 Å². The maximum absolute atomic E-state index is 11.9. The first kappa shape index (κ1) is 14.7. The highest BCUT2D eigenvalue weighted by Crippen LogP contribution is 2.19. The van der Waals surface area contributed by atoms with Gasteiger partial charge in [-0.15, -0.1) is 5.10 Å². The number of carbonyl (C=O) groups is 2. The molecule has 0 saturated heterocycles. The Morgan fingerprint density at radius 1 is 1.19 bits per heavy atom. The van der Waals surface area contributed by atoms with Crippen LogP contribution in [0.3, 0.4) is 0 Å². The van der Waals surface area contributed by atoms with Gasteiger partial charge in [-0.1, -0.05) is 30.3 Å². The number of hydrogen-bond acceptors (Lipinski definition) is 6. The predicted octanol–water partition coefficient (Wildman–Crippen LogP) is 1.02. The number of ether oxygens (including phenoxy) is 2. The van der Waals surface area contributed by atoms with Gasteiger partial charge in [-0.2, -0.15) is 0 Å². The third kappa shape index (κ3) is 3.44. The maximum Gasteiger partial charge on any atom is 0.377 e. The van der Waals surface area contributed by atoms with E-state index in [0.717, 1.165) is 5.56 Å². The summed E-state index contributed by atoms with van der Waals surface area (Å²) in [4.78, 5) is 27.1. The van der Waals surface area contributed by atoms with Crippen LogP contribution in [0.15, 0.2) is 36.7 Å². The van der Waals surface area contributed by atoms with Crippen molar-refractivity contribution in [2.45, 2.75) is 12.5 Å². The van der Waals surface area contributed by atoms with E-state index >= 15 is 0 Å². The van der Waals surface area contributed by atoms with Crippen LogP contribution in [0.25, 0.3) is 0 Å². The van der Waals surface area contributed by atoms with Gasteiger partial charge in [0.1, 0.15) is 12.2 Å². The monoisotopic (exact) mass is 289 g/mol. The SMILES string of the molecule is COC(=O)c1ncn(CC(C(=O)OC)c2ccccc2)n1. The lowest BCUT2D eigenvalue weighted by atomic mass is 9.99. The first-order valence-corrected chi connectivity index (χ1v) is 6.26. The van der Waals surface area contributed by atoms with E-state index in [9.17, 15) is 9.59 Å². The van der Waals surface area contributed by atoms with Crippen LogP contribution >= 0.6 is 0 Å². The Morgan fingerprint density at radius 2 is 1.90 bits per heavy atom. The average Bonchev–Trinajstić information content (AvgIpc) is 3.00. The first-order valence-electron chi connectivity index (χ1n) is 6.26. The van der Waals surface area contributed by atoms with Crippen molar-refractivity contribution < 1.29 is 19.1 Å². The predicted molar refractivity (Wildman–Crippen MR) is 72.6 cm³/mol. The molecule has 1 atom stereocenters. The van der Waals surface area contributed by atoms with Crippen molar-refractivity contribution in [2.24, 2.45) is 0 Å². The minimum absolute atomic E-state index is 0.0471. The fraction of sp³-hybridized carbons (Fsp3) is 0.286. The smallest absolute Gasteiger partial charge is 0.377 e. The lowest BCUT2D eigenvalue weighted by molar-refractivity contribution is -0.142. The molecule has 0 saturated carbocycles. The van der Waals surface area contributed by atoms with E-state index in [1.807, 2.05) is 30.3 Å². The van der Waals surface area contributed by atoms with Crippen LogP contribution in [0.4, 0.5) is 0 Å². The summed E-state index contributed by atoms with van der Waals surface area (Å²) >= 11 is 0. The molecule has 0 aliphatic heterocycles. The van der Waals surface area contributed by atoms with Gasteiger partial charge in [-0.3, -0.25) is 9.48 Å². The molecule has 1 unspecified atom stereocenters. The van der Waals surface area contributed by atoms with Gasteiger partial charge < -0.3 is 9.47 Å². The van der Waals surface area contributed by atoms with Crippen molar-refractivity contribution in [3.8, 4) is 0 Å². The zero-order chi connectivity index (χ0) is 15.2. The number of carbonyl (C=O) groups excluding carboxylic acids is 2. The van der Waals surface area contributed by atoms with Crippen molar-refractivity contribution in [3.05, 3.63) is 48.0 Å². The summed E-state index contributed by atoms with van der Waals surface area (Å²) in [6.45, 7) is 0.223. The molecule has 0 spiro atoms. The number of nitrogens with zero attached hydrogens (tertiary/aromatic N) is 3. The largest absolute Gasteiger partial charge is 0.468 e. The molecule has 2 aromatic rings. The number of benzene rings is 1. The molecule has 1 aromatic carbocycles. The van der Waals surface area contributed by atoms with E-state index in [4.69, 9.17) is 4.74 Å². The third-order valence-electron chi connectivity index (χ3n) is 2.96. The third-order valence-corrected chi connectivity index (χ3v) is 2.96. The van der Waals surface area contributed by atoms with E-state index in [1.54, 1.807) is 0 Å². The summed E-state index contributed by atoms with van der Waals surface area (Å²) < 4.78 is 10.8. The minimum Gasteiger partial charge on any atom is -0.468 e. The topological polar surface area (TPSA) is 83.3 Å². The highest BCUT2D eigenvalue weighted by Gasteiger charge is 2.23. The molecule has 110 valence electrons. The zero-order valence-electron chi connectivity index (χ0n) is 11.7. The molecule has 1 heterocycles. The summed E-state index contributed by atoms with van der Waals surface area (Å²) in [5, 5.41) is 3.99. The Labute approximate surface area is 121 Å². The molecule has 0 aliphatic carbocycles. The second-order valence-electron chi connectivity index (χ2n) is 4.27. The number of hydrogen-bond donors (Lipinski definition) is 0. The van der Waals surface area contributed by atoms with Crippen LogP contribution in [0, 0.1) is 0 Å². The first-order chi connectivity index (χ1) is 10.2. The molecule has 0 amide bonds. The minimum atomic E-state index is -0.622. The van der Waals surface area contributed by atoms with Crippen LogP contribution in [-0.4, -0.2) is 40.9 Å². The normalized spacial score (nSPS) is 11.7. The Bertz CT molecular complexity index is 624. The standard InChI is InChI=1S/C14H15N3O4/c1-20-13(18)11(10-6-4-3-5-7-10)8-17-9-15-12(16-17)14(19)21-2/h3-7,9,11H,8H2,1-2H3. The fourth-order valence-corrected chi connectivity index (χ4v) is 1.90. The van der Waals surface area contributed by atoms with Gasteiger partial charge in [0.25, 0.3) is 5.82 Å². The summed E-state index contributed by atoms with van der Waals surface area (Å²) in [6.07, 6.45) is 1.38. The van der Waals surface area contributed by atoms with Crippen LogP contribution in [0.2, 0.25) is 0 Å². The number of rotatable bonds is 5. The number of methoxy groups -OCH3 is 2. The van der Waals surface area contributed by atoms with Gasteiger partial charge in [0.15, 0.2) is 0 Å². The molecule has 7 nitrogen and oxygen atoms in total. The van der Waals surface area contributed by atoms with Gasteiger partial charge in [-0.05, 0) is 5.56 Å². The molecule has 0 fully saturated rings. The van der Waals surface area contributed by atoms with Crippen molar-refractivity contribution in [1.29, 1.82) is 0 Å². The van der Waals surface area contributed by atoms with Crippen LogP contribution in [0.1, 0.15) is 22.1 Å². The van der Waals surface area contributed by atoms with Crippen molar-refractivity contribution in [3.63, 3.8) is 0 Å². The molecule has 7 heteroatoms. The van der Waals surface area contributed by atoms with Gasteiger partial charge in [0.05, 0.1) is 20.8 Å². The molecule has 0 radical (unpaired) electrons. The number of aromatic nitrogens is 3. The Hall–Kier alpha value is -2.70. The van der Waals surface area contributed by atoms with Gasteiger partial charge >= 0.3 is 11.9 Å².